The fourth-order valence-electron chi connectivity index (χ4n) is 4.04. The van der Waals surface area contributed by atoms with Gasteiger partial charge < -0.3 is 4.90 Å². The second-order valence-electron chi connectivity index (χ2n) is 6.89. The summed E-state index contributed by atoms with van der Waals surface area (Å²) >= 11 is 0. The van der Waals surface area contributed by atoms with Gasteiger partial charge in [-0.05, 0) is 44.4 Å². The average molecular weight is 264 g/mol. The van der Waals surface area contributed by atoms with Crippen molar-refractivity contribution in [2.45, 2.75) is 83.5 Å². The highest BCUT2D eigenvalue weighted by Crippen LogP contribution is 2.38. The summed E-state index contributed by atoms with van der Waals surface area (Å²) in [5, 5.41) is 3.63. The molecule has 1 N–H and O–H groups in total. The number of hydrogen-bond donors (Lipinski definition) is 1. The van der Waals surface area contributed by atoms with Gasteiger partial charge >= 0.3 is 0 Å². The Hall–Kier alpha value is -0.570. The van der Waals surface area contributed by atoms with Gasteiger partial charge in [0.15, 0.2) is 0 Å². The maximum Gasteiger partial charge on any atom is 0.241 e. The van der Waals surface area contributed by atoms with Crippen molar-refractivity contribution in [3.8, 4) is 0 Å². The van der Waals surface area contributed by atoms with E-state index in [0.29, 0.717) is 24.0 Å². The number of carbonyl (C=O) groups excluding carboxylic acids is 1. The van der Waals surface area contributed by atoms with Crippen molar-refractivity contribution in [1.29, 1.82) is 0 Å². The van der Waals surface area contributed by atoms with E-state index in [2.05, 4.69) is 24.1 Å². The van der Waals surface area contributed by atoms with Crippen molar-refractivity contribution in [2.75, 3.05) is 0 Å². The fourth-order valence-corrected chi connectivity index (χ4v) is 4.04. The summed E-state index contributed by atoms with van der Waals surface area (Å²) in [5.41, 5.74) is 0. The van der Waals surface area contributed by atoms with E-state index in [-0.39, 0.29) is 6.04 Å². The second kappa shape index (κ2) is 5.43. The normalized spacial score (nSPS) is 34.2. The molecule has 0 spiro atoms. The van der Waals surface area contributed by atoms with Crippen molar-refractivity contribution >= 4 is 5.91 Å². The smallest absolute Gasteiger partial charge is 0.241 e. The molecular weight excluding hydrogens is 236 g/mol. The van der Waals surface area contributed by atoms with Gasteiger partial charge in [-0.25, -0.2) is 0 Å². The number of carbonyl (C=O) groups is 1. The molecule has 0 bridgehead atoms. The van der Waals surface area contributed by atoms with Crippen LogP contribution in [0.4, 0.5) is 0 Å². The van der Waals surface area contributed by atoms with Crippen molar-refractivity contribution in [3.63, 3.8) is 0 Å². The van der Waals surface area contributed by atoms with Gasteiger partial charge in [-0.2, -0.15) is 0 Å². The second-order valence-corrected chi connectivity index (χ2v) is 6.89. The first-order valence-electron chi connectivity index (χ1n) is 8.29. The Balaban J connectivity index is 1.72. The third kappa shape index (κ3) is 2.67. The zero-order valence-corrected chi connectivity index (χ0v) is 12.4. The van der Waals surface area contributed by atoms with E-state index in [1.165, 1.54) is 44.9 Å². The monoisotopic (exact) mass is 264 g/mol. The molecule has 1 saturated heterocycles. The number of amides is 1. The summed E-state index contributed by atoms with van der Waals surface area (Å²) < 4.78 is 0. The van der Waals surface area contributed by atoms with Crippen LogP contribution in [0.15, 0.2) is 0 Å². The van der Waals surface area contributed by atoms with Crippen molar-refractivity contribution < 1.29 is 4.79 Å². The predicted molar refractivity (Wildman–Crippen MR) is 76.6 cm³/mol. The number of nitrogens with zero attached hydrogens (tertiary/aromatic N) is 1. The quantitative estimate of drug-likeness (QED) is 0.828. The summed E-state index contributed by atoms with van der Waals surface area (Å²) in [5.74, 6) is 1.96. The molecule has 1 amide bonds. The minimum absolute atomic E-state index is 0.0762. The minimum Gasteiger partial charge on any atom is -0.323 e. The molecule has 2 saturated carbocycles. The van der Waals surface area contributed by atoms with E-state index < -0.39 is 0 Å². The van der Waals surface area contributed by atoms with Crippen molar-refractivity contribution in [3.05, 3.63) is 0 Å². The molecule has 3 heteroatoms. The topological polar surface area (TPSA) is 32.3 Å². The number of hydrogen-bond acceptors (Lipinski definition) is 2. The Morgan fingerprint density at radius 2 is 1.95 bits per heavy atom. The summed E-state index contributed by atoms with van der Waals surface area (Å²) in [6.45, 7) is 4.38. The molecule has 3 aliphatic rings. The van der Waals surface area contributed by atoms with Crippen LogP contribution < -0.4 is 5.32 Å². The summed E-state index contributed by atoms with van der Waals surface area (Å²) in [6, 6.07) is 0.502. The zero-order chi connectivity index (χ0) is 13.4. The molecule has 3 unspecified atom stereocenters. The highest BCUT2D eigenvalue weighted by Gasteiger charge is 2.45. The van der Waals surface area contributed by atoms with Gasteiger partial charge in [0.1, 0.15) is 0 Å². The van der Waals surface area contributed by atoms with Crippen LogP contribution in [0, 0.1) is 11.8 Å². The number of rotatable bonds is 5. The van der Waals surface area contributed by atoms with Crippen molar-refractivity contribution in [2.24, 2.45) is 11.8 Å². The van der Waals surface area contributed by atoms with Crippen molar-refractivity contribution in [1.82, 2.24) is 10.2 Å². The first kappa shape index (κ1) is 13.4. The van der Waals surface area contributed by atoms with Gasteiger partial charge in [0.2, 0.25) is 5.91 Å². The molecule has 3 nitrogen and oxygen atoms in total. The molecule has 3 atom stereocenters. The fraction of sp³-hybridized carbons (Fsp3) is 0.938. The van der Waals surface area contributed by atoms with E-state index in [0.717, 1.165) is 12.3 Å². The summed E-state index contributed by atoms with van der Waals surface area (Å²) in [6.07, 6.45) is 10.5. The Morgan fingerprint density at radius 3 is 2.53 bits per heavy atom. The van der Waals surface area contributed by atoms with Gasteiger partial charge in [-0.3, -0.25) is 10.1 Å². The van der Waals surface area contributed by atoms with Crippen LogP contribution in [0.2, 0.25) is 0 Å². The molecule has 0 aromatic heterocycles. The van der Waals surface area contributed by atoms with Gasteiger partial charge in [-0.1, -0.05) is 32.6 Å². The lowest BCUT2D eigenvalue weighted by atomic mass is 10.0. The van der Waals surface area contributed by atoms with Crippen LogP contribution >= 0.6 is 0 Å². The van der Waals surface area contributed by atoms with Gasteiger partial charge in [0, 0.05) is 6.04 Å². The maximum absolute atomic E-state index is 12.6. The van der Waals surface area contributed by atoms with E-state index in [9.17, 15) is 4.79 Å². The molecule has 1 aliphatic heterocycles. The van der Waals surface area contributed by atoms with Crippen LogP contribution in [0.25, 0.3) is 0 Å². The molecular formula is C16H28N2O. The van der Waals surface area contributed by atoms with E-state index in [1.807, 2.05) is 0 Å². The Morgan fingerprint density at radius 1 is 1.26 bits per heavy atom. The third-order valence-corrected chi connectivity index (χ3v) is 5.33. The van der Waals surface area contributed by atoms with Gasteiger partial charge in [0.05, 0.1) is 12.2 Å². The molecule has 0 radical (unpaired) electrons. The lowest BCUT2D eigenvalue weighted by Gasteiger charge is -2.34. The molecule has 19 heavy (non-hydrogen) atoms. The molecule has 0 aromatic rings. The molecule has 108 valence electrons. The molecule has 1 heterocycles. The van der Waals surface area contributed by atoms with Crippen LogP contribution in [0.3, 0.4) is 0 Å². The predicted octanol–water partition coefficient (Wildman–Crippen LogP) is 2.90. The lowest BCUT2D eigenvalue weighted by molar-refractivity contribution is -0.133. The highest BCUT2D eigenvalue weighted by molar-refractivity contribution is 5.84. The molecule has 2 aliphatic carbocycles. The third-order valence-electron chi connectivity index (χ3n) is 5.33. The first-order valence-corrected chi connectivity index (χ1v) is 8.29. The highest BCUT2D eigenvalue weighted by atomic mass is 16.2. The van der Waals surface area contributed by atoms with Gasteiger partial charge in [0.25, 0.3) is 0 Å². The average Bonchev–Trinajstić information content (AvgIpc) is 2.94. The Kier molecular flexibility index (Phi) is 3.84. The maximum atomic E-state index is 12.6. The number of nitrogens with one attached hydrogen (secondary N) is 1. The van der Waals surface area contributed by atoms with E-state index in [1.54, 1.807) is 0 Å². The largest absolute Gasteiger partial charge is 0.323 e. The van der Waals surface area contributed by atoms with Crippen LogP contribution in [-0.2, 0) is 4.79 Å². The molecule has 3 fully saturated rings. The van der Waals surface area contributed by atoms with Gasteiger partial charge in [-0.15, -0.1) is 0 Å². The summed E-state index contributed by atoms with van der Waals surface area (Å²) in [7, 11) is 0. The van der Waals surface area contributed by atoms with E-state index >= 15 is 0 Å². The summed E-state index contributed by atoms with van der Waals surface area (Å²) in [4.78, 5) is 14.8. The Labute approximate surface area is 117 Å². The standard InChI is InChI=1S/C16H28N2O/c1-3-14-16(19)18(11(2)10-12-8-9-12)15(17-14)13-6-4-5-7-13/h11-15,17H,3-10H2,1-2H3. The lowest BCUT2D eigenvalue weighted by Crippen LogP contribution is -2.47. The first-order chi connectivity index (χ1) is 9.20. The molecule has 3 rings (SSSR count). The zero-order valence-electron chi connectivity index (χ0n) is 12.4. The van der Waals surface area contributed by atoms with Crippen LogP contribution in [0.5, 0.6) is 0 Å². The van der Waals surface area contributed by atoms with E-state index in [4.69, 9.17) is 0 Å². The van der Waals surface area contributed by atoms with Crippen LogP contribution in [0.1, 0.15) is 65.2 Å². The molecule has 0 aromatic carbocycles. The Bertz CT molecular complexity index is 334. The minimum atomic E-state index is 0.0762. The SMILES string of the molecule is CCC1NC(C2CCCC2)N(C(C)CC2CC2)C1=O. The van der Waals surface area contributed by atoms with Crippen LogP contribution in [-0.4, -0.2) is 29.1 Å².